The molecule has 1 aliphatic rings. The molecular formula is C39H36N6O3. The van der Waals surface area contributed by atoms with Crippen LogP contribution in [0.1, 0.15) is 26.3 Å². The van der Waals surface area contributed by atoms with E-state index in [4.69, 9.17) is 19.7 Å². The van der Waals surface area contributed by atoms with Crippen molar-refractivity contribution in [2.24, 2.45) is 0 Å². The molecule has 0 saturated carbocycles. The van der Waals surface area contributed by atoms with Gasteiger partial charge in [0.1, 0.15) is 46.2 Å². The lowest BCUT2D eigenvalue weighted by molar-refractivity contribution is 0.318. The van der Waals surface area contributed by atoms with Crippen molar-refractivity contribution in [3.05, 3.63) is 130 Å². The Morgan fingerprint density at radius 1 is 0.917 bits per heavy atom. The Labute approximate surface area is 279 Å². The summed E-state index contributed by atoms with van der Waals surface area (Å²) >= 11 is 0. The van der Waals surface area contributed by atoms with Crippen LogP contribution in [0.15, 0.2) is 123 Å². The fourth-order valence-electron chi connectivity index (χ4n) is 5.23. The SMILES string of the molecule is CC1=CC(=C(C#N)C#N)C=C(C=Cc2ccc(N(C)C)cc2)O1.CCN(CC)c1ccc2cc(-c3nc4ccccc4[nH]3)c(=O)oc2c1. The molecule has 0 radical (unpaired) electrons. The predicted octanol–water partition coefficient (Wildman–Crippen LogP) is 8.11. The van der Waals surface area contributed by atoms with Crippen molar-refractivity contribution in [3.63, 3.8) is 0 Å². The molecule has 3 heterocycles. The monoisotopic (exact) mass is 636 g/mol. The number of nitriles is 2. The number of para-hydroxylation sites is 2. The van der Waals surface area contributed by atoms with Crippen LogP contribution >= 0.6 is 0 Å². The highest BCUT2D eigenvalue weighted by Gasteiger charge is 2.14. The van der Waals surface area contributed by atoms with Gasteiger partial charge in [-0.15, -0.1) is 0 Å². The molecule has 0 atom stereocenters. The van der Waals surface area contributed by atoms with Crippen molar-refractivity contribution >= 4 is 39.5 Å². The maximum Gasteiger partial charge on any atom is 0.347 e. The van der Waals surface area contributed by atoms with Gasteiger partial charge in [-0.05, 0) is 87.0 Å². The molecule has 2 aromatic heterocycles. The van der Waals surface area contributed by atoms with E-state index in [0.717, 1.165) is 46.4 Å². The minimum Gasteiger partial charge on any atom is -0.462 e. The van der Waals surface area contributed by atoms with Gasteiger partial charge >= 0.3 is 5.63 Å². The summed E-state index contributed by atoms with van der Waals surface area (Å²) in [6.45, 7) is 7.81. The molecule has 0 fully saturated rings. The zero-order chi connectivity index (χ0) is 34.2. The third kappa shape index (κ3) is 7.55. The topological polar surface area (TPSA) is 122 Å². The summed E-state index contributed by atoms with van der Waals surface area (Å²) < 4.78 is 11.2. The van der Waals surface area contributed by atoms with E-state index < -0.39 is 0 Å². The molecule has 1 aliphatic heterocycles. The van der Waals surface area contributed by atoms with Crippen LogP contribution < -0.4 is 15.4 Å². The van der Waals surface area contributed by atoms with Crippen molar-refractivity contribution in [1.82, 2.24) is 9.97 Å². The number of imidazole rings is 1. The first-order valence-corrected chi connectivity index (χ1v) is 15.6. The van der Waals surface area contributed by atoms with Crippen molar-refractivity contribution in [2.75, 3.05) is 37.0 Å². The fourth-order valence-corrected chi connectivity index (χ4v) is 5.23. The van der Waals surface area contributed by atoms with Crippen LogP contribution in [0.25, 0.3) is 39.5 Å². The van der Waals surface area contributed by atoms with Gasteiger partial charge in [-0.3, -0.25) is 0 Å². The number of hydrogen-bond donors (Lipinski definition) is 1. The Balaban J connectivity index is 0.000000189. The number of benzene rings is 3. The summed E-state index contributed by atoms with van der Waals surface area (Å²) in [5.74, 6) is 1.78. The Kier molecular flexibility index (Phi) is 10.2. The molecule has 48 heavy (non-hydrogen) atoms. The number of allylic oxidation sites excluding steroid dienone is 6. The summed E-state index contributed by atoms with van der Waals surface area (Å²) in [5.41, 5.74) is 6.25. The van der Waals surface area contributed by atoms with E-state index in [-0.39, 0.29) is 11.2 Å². The minimum absolute atomic E-state index is 0.0777. The molecule has 9 nitrogen and oxygen atoms in total. The lowest BCUT2D eigenvalue weighted by atomic mass is 10.1. The quantitative estimate of drug-likeness (QED) is 0.140. The number of anilines is 2. The Morgan fingerprint density at radius 3 is 2.29 bits per heavy atom. The molecule has 9 heteroatoms. The average Bonchev–Trinajstić information content (AvgIpc) is 3.53. The number of ether oxygens (including phenoxy) is 1. The van der Waals surface area contributed by atoms with E-state index in [0.29, 0.717) is 34.1 Å². The maximum absolute atomic E-state index is 12.5. The van der Waals surface area contributed by atoms with Crippen LogP contribution in [-0.2, 0) is 4.74 Å². The van der Waals surface area contributed by atoms with Crippen LogP contribution in [0.2, 0.25) is 0 Å². The highest BCUT2D eigenvalue weighted by molar-refractivity contribution is 5.85. The highest BCUT2D eigenvalue weighted by atomic mass is 16.5. The molecular weight excluding hydrogens is 600 g/mol. The smallest absolute Gasteiger partial charge is 0.347 e. The van der Waals surface area contributed by atoms with Crippen LogP contribution in [-0.4, -0.2) is 37.2 Å². The summed E-state index contributed by atoms with van der Waals surface area (Å²) in [7, 11) is 3.99. The molecule has 0 amide bonds. The first-order chi connectivity index (χ1) is 23.2. The average molecular weight is 637 g/mol. The highest BCUT2D eigenvalue weighted by Crippen LogP contribution is 2.26. The third-order valence-corrected chi connectivity index (χ3v) is 7.79. The molecule has 0 spiro atoms. The van der Waals surface area contributed by atoms with Crippen LogP contribution in [0, 0.1) is 22.7 Å². The Hall–Kier alpha value is -6.32. The molecule has 3 aromatic carbocycles. The second-order valence-electron chi connectivity index (χ2n) is 11.2. The lowest BCUT2D eigenvalue weighted by Gasteiger charge is -2.20. The number of rotatable bonds is 7. The Morgan fingerprint density at radius 2 is 1.62 bits per heavy atom. The standard InChI is InChI=1S/C20H19N3O2.C19H17N3O/c1-3-23(4-2)14-10-9-13-11-15(20(24)25-18(13)12-14)19-21-16-7-5-6-8-17(16)22-19;1-14-10-16(17(12-20)13-21)11-19(23-14)9-6-15-4-7-18(8-5-15)22(2)3/h5-12H,3-4H2,1-2H3,(H,21,22);4-11H,1-3H3. The number of nitrogens with one attached hydrogen (secondary N) is 1. The van der Waals surface area contributed by atoms with Gasteiger partial charge in [0, 0.05) is 55.6 Å². The minimum atomic E-state index is -0.386. The van der Waals surface area contributed by atoms with Gasteiger partial charge in [0.05, 0.1) is 11.0 Å². The zero-order valence-electron chi connectivity index (χ0n) is 27.6. The van der Waals surface area contributed by atoms with Crippen molar-refractivity contribution in [2.45, 2.75) is 20.8 Å². The molecule has 0 aliphatic carbocycles. The number of nitrogens with zero attached hydrogens (tertiary/aromatic N) is 5. The second kappa shape index (κ2) is 14.8. The first-order valence-electron chi connectivity index (χ1n) is 15.6. The number of aromatic amines is 1. The summed E-state index contributed by atoms with van der Waals surface area (Å²) in [6.07, 6.45) is 7.14. The number of aromatic nitrogens is 2. The van der Waals surface area contributed by atoms with Gasteiger partial charge in [0.15, 0.2) is 0 Å². The second-order valence-corrected chi connectivity index (χ2v) is 11.2. The van der Waals surface area contributed by atoms with Crippen molar-refractivity contribution in [1.29, 1.82) is 10.5 Å². The van der Waals surface area contributed by atoms with Gasteiger partial charge in [-0.25, -0.2) is 9.78 Å². The molecule has 6 rings (SSSR count). The van der Waals surface area contributed by atoms with E-state index in [1.165, 1.54) is 0 Å². The van der Waals surface area contributed by atoms with Gasteiger partial charge in [0.25, 0.3) is 0 Å². The van der Waals surface area contributed by atoms with E-state index in [1.54, 1.807) is 19.1 Å². The van der Waals surface area contributed by atoms with Crippen LogP contribution in [0.4, 0.5) is 11.4 Å². The number of hydrogen-bond acceptors (Lipinski definition) is 8. The summed E-state index contributed by atoms with van der Waals surface area (Å²) in [5, 5.41) is 18.8. The molecule has 0 bridgehead atoms. The normalized spacial score (nSPS) is 12.4. The zero-order valence-corrected chi connectivity index (χ0v) is 27.6. The molecule has 240 valence electrons. The summed E-state index contributed by atoms with van der Waals surface area (Å²) in [4.78, 5) is 24.4. The predicted molar refractivity (Wildman–Crippen MR) is 192 cm³/mol. The molecule has 1 N–H and O–H groups in total. The van der Waals surface area contributed by atoms with Crippen LogP contribution in [0.3, 0.4) is 0 Å². The van der Waals surface area contributed by atoms with Crippen LogP contribution in [0.5, 0.6) is 0 Å². The largest absolute Gasteiger partial charge is 0.462 e. The number of H-pyrrole nitrogens is 1. The Bertz CT molecular complexity index is 2170. The summed E-state index contributed by atoms with van der Waals surface area (Å²) in [6, 6.07) is 27.4. The van der Waals surface area contributed by atoms with E-state index >= 15 is 0 Å². The maximum atomic E-state index is 12.5. The van der Waals surface area contributed by atoms with Gasteiger partial charge < -0.3 is 23.9 Å². The van der Waals surface area contributed by atoms with Gasteiger partial charge in [0.2, 0.25) is 0 Å². The molecule has 0 saturated heterocycles. The first kappa shape index (κ1) is 33.1. The molecule has 5 aromatic rings. The van der Waals surface area contributed by atoms with E-state index in [2.05, 4.69) is 34.8 Å². The van der Waals surface area contributed by atoms with Crippen molar-refractivity contribution < 1.29 is 9.15 Å². The fraction of sp³-hybridized carbons (Fsp3) is 0.179. The van der Waals surface area contributed by atoms with Gasteiger partial charge in [-0.1, -0.05) is 30.3 Å². The third-order valence-electron chi connectivity index (χ3n) is 7.79. The molecule has 0 unspecified atom stereocenters. The van der Waals surface area contributed by atoms with Gasteiger partial charge in [-0.2, -0.15) is 10.5 Å². The van der Waals surface area contributed by atoms with E-state index in [9.17, 15) is 4.79 Å². The lowest BCUT2D eigenvalue weighted by Crippen LogP contribution is -2.21. The van der Waals surface area contributed by atoms with E-state index in [1.807, 2.05) is 110 Å². The number of fused-ring (bicyclic) bond motifs is 2. The van der Waals surface area contributed by atoms with Crippen molar-refractivity contribution in [3.8, 4) is 23.5 Å².